The quantitative estimate of drug-likeness (QED) is 0.728. The van der Waals surface area contributed by atoms with E-state index in [1.54, 1.807) is 0 Å². The van der Waals surface area contributed by atoms with Gasteiger partial charge in [0.15, 0.2) is 0 Å². The van der Waals surface area contributed by atoms with Gasteiger partial charge in [-0.1, -0.05) is 6.07 Å². The molecule has 5 heteroatoms. The number of aromatic carboxylic acids is 1. The molecule has 0 bridgehead atoms. The summed E-state index contributed by atoms with van der Waals surface area (Å²) in [6.45, 7) is 0. The first-order valence-corrected chi connectivity index (χ1v) is 5.04. The van der Waals surface area contributed by atoms with Crippen molar-refractivity contribution < 1.29 is 19.4 Å². The Bertz CT molecular complexity index is 416. The van der Waals surface area contributed by atoms with Gasteiger partial charge in [0, 0.05) is 6.04 Å². The number of hydrogen-bond acceptors (Lipinski definition) is 3. The van der Waals surface area contributed by atoms with Crippen molar-refractivity contribution in [1.29, 1.82) is 0 Å². The van der Waals surface area contributed by atoms with Crippen LogP contribution in [-0.4, -0.2) is 28.3 Å². The second kappa shape index (κ2) is 4.09. The molecule has 1 aliphatic rings. The van der Waals surface area contributed by atoms with Crippen LogP contribution < -0.4 is 5.32 Å². The fraction of sp³-hybridized carbons (Fsp3) is 0.364. The lowest BCUT2D eigenvalue weighted by atomic mass is 9.89. The zero-order valence-electron chi connectivity index (χ0n) is 8.48. The Balaban J connectivity index is 2.19. The van der Waals surface area contributed by atoms with Crippen molar-refractivity contribution in [3.63, 3.8) is 0 Å². The van der Waals surface area contributed by atoms with E-state index in [1.165, 1.54) is 12.1 Å². The van der Waals surface area contributed by atoms with E-state index < -0.39 is 11.8 Å². The topological polar surface area (TPSA) is 69.6 Å². The Morgan fingerprint density at radius 3 is 2.69 bits per heavy atom. The minimum Gasteiger partial charge on any atom is -0.478 e. The van der Waals surface area contributed by atoms with Gasteiger partial charge >= 0.3 is 5.97 Å². The summed E-state index contributed by atoms with van der Waals surface area (Å²) in [5.41, 5.74) is -0.0757. The van der Waals surface area contributed by atoms with Crippen LogP contribution in [0.1, 0.15) is 23.2 Å². The molecule has 4 nitrogen and oxygen atoms in total. The summed E-state index contributed by atoms with van der Waals surface area (Å²) in [5, 5.41) is 20.9. The fourth-order valence-corrected chi connectivity index (χ4v) is 1.79. The van der Waals surface area contributed by atoms with Gasteiger partial charge in [0.1, 0.15) is 11.4 Å². The summed E-state index contributed by atoms with van der Waals surface area (Å²) < 4.78 is 13.3. The van der Waals surface area contributed by atoms with Crippen LogP contribution in [0.2, 0.25) is 0 Å². The van der Waals surface area contributed by atoms with E-state index in [0.29, 0.717) is 12.8 Å². The first-order chi connectivity index (χ1) is 7.58. The van der Waals surface area contributed by atoms with E-state index in [2.05, 4.69) is 5.32 Å². The van der Waals surface area contributed by atoms with Crippen molar-refractivity contribution in [1.82, 2.24) is 0 Å². The van der Waals surface area contributed by atoms with Gasteiger partial charge in [-0.3, -0.25) is 0 Å². The van der Waals surface area contributed by atoms with Gasteiger partial charge in [0.2, 0.25) is 0 Å². The Morgan fingerprint density at radius 1 is 1.44 bits per heavy atom. The first-order valence-electron chi connectivity index (χ1n) is 5.04. The van der Waals surface area contributed by atoms with E-state index in [1.807, 2.05) is 0 Å². The van der Waals surface area contributed by atoms with Crippen LogP contribution in [0.4, 0.5) is 10.1 Å². The van der Waals surface area contributed by atoms with Crippen molar-refractivity contribution in [3.05, 3.63) is 29.6 Å². The van der Waals surface area contributed by atoms with E-state index >= 15 is 0 Å². The number of rotatable bonds is 3. The predicted octanol–water partition coefficient (Wildman–Crippen LogP) is 1.46. The molecule has 2 rings (SSSR count). The van der Waals surface area contributed by atoms with Crippen molar-refractivity contribution in [2.24, 2.45) is 0 Å². The summed E-state index contributed by atoms with van der Waals surface area (Å²) in [6, 6.07) is 4.12. The largest absolute Gasteiger partial charge is 0.478 e. The molecule has 0 radical (unpaired) electrons. The zero-order chi connectivity index (χ0) is 11.7. The number of carbonyl (C=O) groups is 1. The van der Waals surface area contributed by atoms with Gasteiger partial charge in [-0.2, -0.15) is 0 Å². The van der Waals surface area contributed by atoms with Gasteiger partial charge in [0.05, 0.1) is 11.8 Å². The molecule has 0 saturated heterocycles. The molecule has 0 amide bonds. The Hall–Kier alpha value is -1.62. The van der Waals surface area contributed by atoms with Crippen molar-refractivity contribution in [2.45, 2.75) is 25.0 Å². The summed E-state index contributed by atoms with van der Waals surface area (Å²) >= 11 is 0. The minimum atomic E-state index is -1.29. The average Bonchev–Trinajstić information content (AvgIpc) is 2.14. The Morgan fingerprint density at radius 2 is 2.12 bits per heavy atom. The van der Waals surface area contributed by atoms with Crippen LogP contribution in [0.25, 0.3) is 0 Å². The molecule has 0 atom stereocenters. The highest BCUT2D eigenvalue weighted by Crippen LogP contribution is 2.27. The third kappa shape index (κ3) is 1.99. The van der Waals surface area contributed by atoms with Crippen LogP contribution in [0.15, 0.2) is 18.2 Å². The third-order valence-electron chi connectivity index (χ3n) is 2.70. The maximum atomic E-state index is 13.3. The number of hydrogen-bond donors (Lipinski definition) is 3. The standard InChI is InChI=1S/C11H12FNO3/c12-8-2-1-3-9(10(8)11(15)16)13-6-4-7(14)5-6/h1-3,6-7,13-14H,4-5H2,(H,15,16). The van der Waals surface area contributed by atoms with E-state index in [0.717, 1.165) is 6.07 Å². The summed E-state index contributed by atoms with van der Waals surface area (Å²) in [4.78, 5) is 10.9. The fourth-order valence-electron chi connectivity index (χ4n) is 1.79. The molecule has 16 heavy (non-hydrogen) atoms. The van der Waals surface area contributed by atoms with Gasteiger partial charge in [-0.25, -0.2) is 9.18 Å². The van der Waals surface area contributed by atoms with Gasteiger partial charge < -0.3 is 15.5 Å². The average molecular weight is 225 g/mol. The molecule has 3 N–H and O–H groups in total. The number of carboxylic acids is 1. The predicted molar refractivity (Wildman–Crippen MR) is 56.0 cm³/mol. The van der Waals surface area contributed by atoms with Crippen LogP contribution >= 0.6 is 0 Å². The number of carboxylic acid groups (broad SMARTS) is 1. The molecule has 1 aromatic carbocycles. The van der Waals surface area contributed by atoms with Gasteiger partial charge in [-0.05, 0) is 25.0 Å². The molecule has 86 valence electrons. The van der Waals surface area contributed by atoms with Crippen LogP contribution in [-0.2, 0) is 0 Å². The van der Waals surface area contributed by atoms with Crippen molar-refractivity contribution >= 4 is 11.7 Å². The zero-order valence-corrected chi connectivity index (χ0v) is 8.48. The SMILES string of the molecule is O=C(O)c1c(F)cccc1NC1CC(O)C1. The summed E-state index contributed by atoms with van der Waals surface area (Å²) in [5.74, 6) is -2.04. The molecule has 0 aliphatic heterocycles. The van der Waals surface area contributed by atoms with Crippen molar-refractivity contribution in [3.8, 4) is 0 Å². The highest BCUT2D eigenvalue weighted by atomic mass is 19.1. The monoisotopic (exact) mass is 225 g/mol. The summed E-state index contributed by atoms with van der Waals surface area (Å²) in [6.07, 6.45) is 0.796. The lowest BCUT2D eigenvalue weighted by molar-refractivity contribution is 0.0692. The molecular formula is C11H12FNO3. The molecule has 1 fully saturated rings. The Kier molecular flexibility index (Phi) is 2.78. The lowest BCUT2D eigenvalue weighted by Crippen LogP contribution is -2.39. The number of aliphatic hydroxyl groups excluding tert-OH is 1. The molecule has 0 spiro atoms. The van der Waals surface area contributed by atoms with E-state index in [-0.39, 0.29) is 23.4 Å². The highest BCUT2D eigenvalue weighted by molar-refractivity contribution is 5.94. The van der Waals surface area contributed by atoms with Crippen molar-refractivity contribution in [2.75, 3.05) is 5.32 Å². The number of benzene rings is 1. The van der Waals surface area contributed by atoms with Gasteiger partial charge in [-0.15, -0.1) is 0 Å². The van der Waals surface area contributed by atoms with Crippen LogP contribution in [0, 0.1) is 5.82 Å². The molecule has 1 aliphatic carbocycles. The maximum absolute atomic E-state index is 13.3. The highest BCUT2D eigenvalue weighted by Gasteiger charge is 2.28. The van der Waals surface area contributed by atoms with E-state index in [9.17, 15) is 9.18 Å². The second-order valence-electron chi connectivity index (χ2n) is 3.93. The molecule has 0 aromatic heterocycles. The van der Waals surface area contributed by atoms with Gasteiger partial charge in [0.25, 0.3) is 0 Å². The third-order valence-corrected chi connectivity index (χ3v) is 2.70. The Labute approximate surface area is 91.7 Å². The number of nitrogens with one attached hydrogen (secondary N) is 1. The molecule has 0 heterocycles. The second-order valence-corrected chi connectivity index (χ2v) is 3.93. The molecular weight excluding hydrogens is 213 g/mol. The normalized spacial score (nSPS) is 23.6. The number of halogens is 1. The minimum absolute atomic E-state index is 0.0231. The molecule has 1 aromatic rings. The number of aliphatic hydroxyl groups is 1. The smallest absolute Gasteiger partial charge is 0.340 e. The van der Waals surface area contributed by atoms with Crippen LogP contribution in [0.3, 0.4) is 0 Å². The first kappa shape index (κ1) is 10.9. The lowest BCUT2D eigenvalue weighted by Gasteiger charge is -2.33. The number of anilines is 1. The maximum Gasteiger partial charge on any atom is 0.340 e. The summed E-state index contributed by atoms with van der Waals surface area (Å²) in [7, 11) is 0. The van der Waals surface area contributed by atoms with E-state index in [4.69, 9.17) is 10.2 Å². The molecule has 0 unspecified atom stereocenters. The van der Waals surface area contributed by atoms with Crippen LogP contribution in [0.5, 0.6) is 0 Å². The molecule has 1 saturated carbocycles.